The molecule has 3 heterocycles. The first-order valence-corrected chi connectivity index (χ1v) is 11.4. The molecule has 0 aliphatic carbocycles. The van der Waals surface area contributed by atoms with E-state index in [1.165, 1.54) is 5.01 Å². The Morgan fingerprint density at radius 2 is 1.94 bits per heavy atom. The molecule has 31 heavy (non-hydrogen) atoms. The summed E-state index contributed by atoms with van der Waals surface area (Å²) < 4.78 is 0. The maximum Gasteiger partial charge on any atom is 0.276 e. The van der Waals surface area contributed by atoms with Crippen molar-refractivity contribution in [2.75, 3.05) is 0 Å². The number of pyridine rings is 1. The fraction of sp³-hybridized carbons (Fsp3) is 0.125. The van der Waals surface area contributed by atoms with Crippen LogP contribution in [0.2, 0.25) is 10.2 Å². The number of aromatic nitrogens is 1. The summed E-state index contributed by atoms with van der Waals surface area (Å²) in [6.45, 7) is 2.01. The smallest absolute Gasteiger partial charge is 0.267 e. The maximum atomic E-state index is 13.5. The molecule has 0 fully saturated rings. The van der Waals surface area contributed by atoms with Crippen molar-refractivity contribution in [1.82, 2.24) is 9.99 Å². The SMILES string of the molecule is Cc1cccc2cc(C3CC(c4cccs4)=NN3C(=O)c3ccccc3Cl)c(Cl)nc12. The highest BCUT2D eigenvalue weighted by molar-refractivity contribution is 7.12. The summed E-state index contributed by atoms with van der Waals surface area (Å²) in [6.07, 6.45) is 0.551. The van der Waals surface area contributed by atoms with E-state index in [9.17, 15) is 4.79 Å². The molecule has 2 aromatic heterocycles. The van der Waals surface area contributed by atoms with Gasteiger partial charge < -0.3 is 0 Å². The minimum Gasteiger partial charge on any atom is -0.267 e. The monoisotopic (exact) mass is 465 g/mol. The number of carbonyl (C=O) groups is 1. The first kappa shape index (κ1) is 20.2. The average molecular weight is 466 g/mol. The second kappa shape index (κ2) is 8.08. The third-order valence-electron chi connectivity index (χ3n) is 5.42. The molecular formula is C24H17Cl2N3OS. The van der Waals surface area contributed by atoms with Gasteiger partial charge in [0.1, 0.15) is 5.15 Å². The van der Waals surface area contributed by atoms with Gasteiger partial charge in [0.25, 0.3) is 5.91 Å². The number of hydrogen-bond acceptors (Lipinski definition) is 4. The van der Waals surface area contributed by atoms with Gasteiger partial charge in [-0.1, -0.05) is 59.6 Å². The van der Waals surface area contributed by atoms with Gasteiger partial charge in [0.15, 0.2) is 0 Å². The van der Waals surface area contributed by atoms with E-state index in [-0.39, 0.29) is 11.9 Å². The average Bonchev–Trinajstić information content (AvgIpc) is 3.44. The van der Waals surface area contributed by atoms with Gasteiger partial charge in [0.05, 0.1) is 32.7 Å². The van der Waals surface area contributed by atoms with Gasteiger partial charge in [-0.05, 0) is 42.1 Å². The molecule has 0 N–H and O–H groups in total. The number of hydrogen-bond donors (Lipinski definition) is 0. The Hall–Kier alpha value is -2.73. The summed E-state index contributed by atoms with van der Waals surface area (Å²) in [5.41, 5.74) is 3.94. The van der Waals surface area contributed by atoms with Crippen molar-refractivity contribution in [2.24, 2.45) is 5.10 Å². The van der Waals surface area contributed by atoms with E-state index in [1.807, 2.05) is 48.7 Å². The molecule has 154 valence electrons. The zero-order valence-electron chi connectivity index (χ0n) is 16.5. The molecule has 5 rings (SSSR count). The van der Waals surface area contributed by atoms with Crippen LogP contribution in [0.1, 0.15) is 38.8 Å². The maximum absolute atomic E-state index is 13.5. The molecule has 1 unspecified atom stereocenters. The molecule has 2 aromatic carbocycles. The fourth-order valence-corrected chi connectivity index (χ4v) is 5.07. The van der Waals surface area contributed by atoms with Crippen molar-refractivity contribution in [3.8, 4) is 0 Å². The molecule has 1 atom stereocenters. The van der Waals surface area contributed by atoms with Crippen molar-refractivity contribution < 1.29 is 4.79 Å². The number of aryl methyl sites for hydroxylation is 1. The van der Waals surface area contributed by atoms with Crippen LogP contribution in [-0.4, -0.2) is 21.6 Å². The quantitative estimate of drug-likeness (QED) is 0.308. The van der Waals surface area contributed by atoms with Crippen LogP contribution < -0.4 is 0 Å². The van der Waals surface area contributed by atoms with Gasteiger partial charge >= 0.3 is 0 Å². The zero-order valence-corrected chi connectivity index (χ0v) is 18.9. The number of fused-ring (bicyclic) bond motifs is 1. The highest BCUT2D eigenvalue weighted by Gasteiger charge is 2.36. The Balaban J connectivity index is 1.63. The number of nitrogens with zero attached hydrogens (tertiary/aromatic N) is 3. The Labute approximate surface area is 193 Å². The summed E-state index contributed by atoms with van der Waals surface area (Å²) in [7, 11) is 0. The van der Waals surface area contributed by atoms with Crippen LogP contribution in [0.5, 0.6) is 0 Å². The number of rotatable bonds is 3. The predicted octanol–water partition coefficient (Wildman–Crippen LogP) is 6.90. The van der Waals surface area contributed by atoms with Gasteiger partial charge in [-0.25, -0.2) is 9.99 Å². The summed E-state index contributed by atoms with van der Waals surface area (Å²) in [5.74, 6) is -0.262. The second-order valence-corrected chi connectivity index (χ2v) is 9.10. The first-order valence-electron chi connectivity index (χ1n) is 9.78. The molecule has 1 aliphatic rings. The highest BCUT2D eigenvalue weighted by atomic mass is 35.5. The molecule has 1 amide bonds. The predicted molar refractivity (Wildman–Crippen MR) is 127 cm³/mol. The highest BCUT2D eigenvalue weighted by Crippen LogP contribution is 2.39. The zero-order chi connectivity index (χ0) is 21.5. The normalized spacial score (nSPS) is 16.0. The number of hydrazone groups is 1. The van der Waals surface area contributed by atoms with Crippen molar-refractivity contribution >= 4 is 57.1 Å². The van der Waals surface area contributed by atoms with Crippen LogP contribution in [0.25, 0.3) is 10.9 Å². The van der Waals surface area contributed by atoms with Gasteiger partial charge in [-0.15, -0.1) is 11.3 Å². The third kappa shape index (κ3) is 3.63. The molecular weight excluding hydrogens is 449 g/mol. The van der Waals surface area contributed by atoms with Crippen LogP contribution in [0.3, 0.4) is 0 Å². The molecule has 7 heteroatoms. The van der Waals surface area contributed by atoms with E-state index in [0.717, 1.165) is 32.6 Å². The van der Waals surface area contributed by atoms with Crippen LogP contribution >= 0.6 is 34.5 Å². The summed E-state index contributed by atoms with van der Waals surface area (Å²) >= 11 is 14.6. The molecule has 4 nitrogen and oxygen atoms in total. The van der Waals surface area contributed by atoms with Crippen LogP contribution in [0.4, 0.5) is 0 Å². The lowest BCUT2D eigenvalue weighted by molar-refractivity contribution is 0.0711. The van der Waals surface area contributed by atoms with E-state index in [4.69, 9.17) is 28.3 Å². The molecule has 0 bridgehead atoms. The largest absolute Gasteiger partial charge is 0.276 e. The lowest BCUT2D eigenvalue weighted by Gasteiger charge is -2.23. The van der Waals surface area contributed by atoms with E-state index in [2.05, 4.69) is 4.98 Å². The Morgan fingerprint density at radius 1 is 1.10 bits per heavy atom. The Morgan fingerprint density at radius 3 is 2.71 bits per heavy atom. The minimum atomic E-state index is -0.370. The van der Waals surface area contributed by atoms with E-state index >= 15 is 0 Å². The van der Waals surface area contributed by atoms with Crippen molar-refractivity contribution in [2.45, 2.75) is 19.4 Å². The van der Waals surface area contributed by atoms with Gasteiger partial charge in [0, 0.05) is 17.4 Å². The number of para-hydroxylation sites is 1. The number of thiophene rings is 1. The van der Waals surface area contributed by atoms with Crippen LogP contribution in [0, 0.1) is 6.92 Å². The fourth-order valence-electron chi connectivity index (χ4n) is 3.86. The molecule has 0 saturated carbocycles. The number of benzene rings is 2. The van der Waals surface area contributed by atoms with Gasteiger partial charge in [-0.3, -0.25) is 4.79 Å². The van der Waals surface area contributed by atoms with E-state index < -0.39 is 0 Å². The van der Waals surface area contributed by atoms with Crippen LogP contribution in [-0.2, 0) is 0 Å². The third-order valence-corrected chi connectivity index (χ3v) is 6.97. The number of carbonyl (C=O) groups excluding carboxylic acids is 1. The van der Waals surface area contributed by atoms with Crippen LogP contribution in [0.15, 0.2) is 71.1 Å². The number of amides is 1. The lowest BCUT2D eigenvalue weighted by Crippen LogP contribution is -2.27. The van der Waals surface area contributed by atoms with E-state index in [1.54, 1.807) is 35.6 Å². The summed E-state index contributed by atoms with van der Waals surface area (Å²) in [4.78, 5) is 19.1. The summed E-state index contributed by atoms with van der Waals surface area (Å²) in [6, 6.07) is 18.6. The molecule has 0 spiro atoms. The molecule has 4 aromatic rings. The first-order chi connectivity index (χ1) is 15.0. The molecule has 0 radical (unpaired) electrons. The topological polar surface area (TPSA) is 45.6 Å². The van der Waals surface area contributed by atoms with Gasteiger partial charge in [-0.2, -0.15) is 5.10 Å². The van der Waals surface area contributed by atoms with Crippen molar-refractivity contribution in [1.29, 1.82) is 0 Å². The summed E-state index contributed by atoms with van der Waals surface area (Å²) in [5, 5.41) is 9.96. The Bertz CT molecular complexity index is 1330. The van der Waals surface area contributed by atoms with E-state index in [0.29, 0.717) is 22.2 Å². The molecule has 0 saturated heterocycles. The van der Waals surface area contributed by atoms with Gasteiger partial charge in [0.2, 0.25) is 0 Å². The lowest BCUT2D eigenvalue weighted by atomic mass is 9.99. The standard InChI is InChI=1S/C24H17Cl2N3OS/c1-14-6-4-7-15-12-17(23(26)27-22(14)15)20-13-19(21-10-5-11-31-21)28-29(20)24(30)16-8-2-3-9-18(16)25/h2-12,20H,13H2,1H3. The van der Waals surface area contributed by atoms with Crippen molar-refractivity contribution in [3.05, 3.63) is 97.8 Å². The second-order valence-electron chi connectivity index (χ2n) is 7.39. The molecule has 1 aliphatic heterocycles. The Kier molecular flexibility index (Phi) is 5.26. The minimum absolute atomic E-state index is 0.262. The number of halogens is 2. The van der Waals surface area contributed by atoms with Crippen molar-refractivity contribution in [3.63, 3.8) is 0 Å².